The molecule has 2 aromatic heterocycles. The van der Waals surface area contributed by atoms with Gasteiger partial charge >= 0.3 is 0 Å². The number of aryl methyl sites for hydroxylation is 1. The molecule has 0 saturated heterocycles. The molecule has 2 heterocycles. The van der Waals surface area contributed by atoms with Crippen molar-refractivity contribution in [3.63, 3.8) is 0 Å². The Morgan fingerprint density at radius 3 is 2.67 bits per heavy atom. The Morgan fingerprint density at radius 2 is 2.07 bits per heavy atom. The Bertz CT molecular complexity index is 465. The molecule has 2 rings (SSSR count). The van der Waals surface area contributed by atoms with Gasteiger partial charge in [-0.2, -0.15) is 4.57 Å². The lowest BCUT2D eigenvalue weighted by Crippen LogP contribution is -2.37. The molecule has 76 valence electrons. The van der Waals surface area contributed by atoms with Crippen molar-refractivity contribution in [2.75, 3.05) is 0 Å². The Hall–Kier alpha value is -2.04. The second-order valence-electron chi connectivity index (χ2n) is 3.17. The number of carbonyl (C=O) groups excluding carboxylic acids is 1. The van der Waals surface area contributed by atoms with Crippen LogP contribution in [0.15, 0.2) is 35.2 Å². The van der Waals surface area contributed by atoms with Crippen LogP contribution in [0, 0.1) is 6.92 Å². The van der Waals surface area contributed by atoms with Crippen LogP contribution < -0.4 is 4.57 Å². The van der Waals surface area contributed by atoms with Gasteiger partial charge in [-0.1, -0.05) is 11.2 Å². The van der Waals surface area contributed by atoms with Crippen LogP contribution in [0.2, 0.25) is 0 Å². The zero-order chi connectivity index (χ0) is 10.7. The molecule has 0 amide bonds. The monoisotopic (exact) mass is 204 g/mol. The standard InChI is InChI=1S/C10H10N3O2/c1-8-10(12-15-11-8)9(14)7-13-5-3-2-4-6-13/h2-6H,7H2,1H3/q+1. The largest absolute Gasteiger partial charge is 0.285 e. The summed E-state index contributed by atoms with van der Waals surface area (Å²) in [6.45, 7) is 1.94. The minimum absolute atomic E-state index is 0.107. The van der Waals surface area contributed by atoms with Gasteiger partial charge in [0.05, 0.1) is 0 Å². The van der Waals surface area contributed by atoms with Gasteiger partial charge in [-0.15, -0.1) is 0 Å². The normalized spacial score (nSPS) is 10.2. The van der Waals surface area contributed by atoms with Crippen LogP contribution in [0.1, 0.15) is 16.2 Å². The zero-order valence-electron chi connectivity index (χ0n) is 8.25. The topological polar surface area (TPSA) is 59.9 Å². The molecule has 2 aromatic rings. The van der Waals surface area contributed by atoms with Crippen molar-refractivity contribution in [1.29, 1.82) is 0 Å². The number of Topliss-reactive ketones (excluding diaryl/α,β-unsaturated/α-hetero) is 1. The Labute approximate surface area is 86.3 Å². The summed E-state index contributed by atoms with van der Waals surface area (Å²) in [5.74, 6) is -0.107. The highest BCUT2D eigenvalue weighted by molar-refractivity contribution is 5.93. The molecule has 0 aliphatic rings. The number of hydrogen-bond donors (Lipinski definition) is 0. The van der Waals surface area contributed by atoms with E-state index < -0.39 is 0 Å². The average Bonchev–Trinajstić information content (AvgIpc) is 2.66. The summed E-state index contributed by atoms with van der Waals surface area (Å²) < 4.78 is 6.25. The molecule has 0 aromatic carbocycles. The lowest BCUT2D eigenvalue weighted by molar-refractivity contribution is -0.683. The minimum Gasteiger partial charge on any atom is -0.285 e. The first-order valence-electron chi connectivity index (χ1n) is 4.54. The summed E-state index contributed by atoms with van der Waals surface area (Å²) in [6, 6.07) is 5.62. The zero-order valence-corrected chi connectivity index (χ0v) is 8.25. The van der Waals surface area contributed by atoms with Crippen molar-refractivity contribution in [2.24, 2.45) is 0 Å². The fraction of sp³-hybridized carbons (Fsp3) is 0.200. The van der Waals surface area contributed by atoms with Gasteiger partial charge in [0.15, 0.2) is 18.1 Å². The van der Waals surface area contributed by atoms with Crippen LogP contribution in [0.5, 0.6) is 0 Å². The van der Waals surface area contributed by atoms with E-state index in [1.165, 1.54) is 0 Å². The highest BCUT2D eigenvalue weighted by atomic mass is 16.6. The molecule has 0 saturated carbocycles. The van der Waals surface area contributed by atoms with Gasteiger partial charge in [0.25, 0.3) is 5.78 Å². The van der Waals surface area contributed by atoms with Gasteiger partial charge in [0, 0.05) is 12.1 Å². The first-order valence-corrected chi connectivity index (χ1v) is 4.54. The van der Waals surface area contributed by atoms with Crippen molar-refractivity contribution < 1.29 is 14.0 Å². The highest BCUT2D eigenvalue weighted by Crippen LogP contribution is 2.01. The summed E-state index contributed by atoms with van der Waals surface area (Å²) >= 11 is 0. The van der Waals surface area contributed by atoms with Crippen molar-refractivity contribution in [1.82, 2.24) is 10.3 Å². The molecule has 15 heavy (non-hydrogen) atoms. The van der Waals surface area contributed by atoms with E-state index in [9.17, 15) is 4.79 Å². The smallest absolute Gasteiger partial charge is 0.251 e. The maximum absolute atomic E-state index is 11.7. The minimum atomic E-state index is -0.107. The summed E-state index contributed by atoms with van der Waals surface area (Å²) in [6.07, 6.45) is 3.64. The molecule has 0 atom stereocenters. The Kier molecular flexibility index (Phi) is 2.53. The van der Waals surface area contributed by atoms with Crippen molar-refractivity contribution in [3.05, 3.63) is 42.0 Å². The number of rotatable bonds is 3. The van der Waals surface area contributed by atoms with E-state index in [0.29, 0.717) is 11.4 Å². The summed E-state index contributed by atoms with van der Waals surface area (Å²) in [7, 11) is 0. The van der Waals surface area contributed by atoms with E-state index in [0.717, 1.165) is 0 Å². The van der Waals surface area contributed by atoms with Gasteiger partial charge in [0.2, 0.25) is 6.54 Å². The Balaban J connectivity index is 2.15. The maximum Gasteiger partial charge on any atom is 0.251 e. The fourth-order valence-corrected chi connectivity index (χ4v) is 1.26. The van der Waals surface area contributed by atoms with Crippen molar-refractivity contribution in [2.45, 2.75) is 13.5 Å². The molecule has 5 heteroatoms. The summed E-state index contributed by atoms with van der Waals surface area (Å²) in [4.78, 5) is 11.7. The number of pyridine rings is 1. The van der Waals surface area contributed by atoms with Gasteiger partial charge < -0.3 is 0 Å². The molecule has 0 radical (unpaired) electrons. The predicted molar refractivity (Wildman–Crippen MR) is 50.0 cm³/mol. The average molecular weight is 204 g/mol. The molecule has 0 bridgehead atoms. The molecule has 0 N–H and O–H groups in total. The lowest BCUT2D eigenvalue weighted by Gasteiger charge is -1.93. The molecule has 0 aliphatic heterocycles. The number of carbonyl (C=O) groups is 1. The molecule has 0 spiro atoms. The van der Waals surface area contributed by atoms with Crippen LogP contribution in [0.25, 0.3) is 0 Å². The number of nitrogens with zero attached hydrogens (tertiary/aromatic N) is 3. The highest BCUT2D eigenvalue weighted by Gasteiger charge is 2.18. The first-order chi connectivity index (χ1) is 7.27. The molecule has 0 aliphatic carbocycles. The van der Waals surface area contributed by atoms with E-state index in [4.69, 9.17) is 0 Å². The molecular weight excluding hydrogens is 194 g/mol. The molecular formula is C10H10N3O2+. The molecule has 0 fully saturated rings. The summed E-state index contributed by atoms with van der Waals surface area (Å²) in [5, 5.41) is 7.13. The molecule has 5 nitrogen and oxygen atoms in total. The number of hydrogen-bond acceptors (Lipinski definition) is 4. The van der Waals surface area contributed by atoms with Crippen LogP contribution in [-0.2, 0) is 6.54 Å². The predicted octanol–water partition coefficient (Wildman–Crippen LogP) is 0.548. The van der Waals surface area contributed by atoms with Crippen LogP contribution in [0.3, 0.4) is 0 Å². The van der Waals surface area contributed by atoms with Crippen LogP contribution >= 0.6 is 0 Å². The van der Waals surface area contributed by atoms with E-state index in [2.05, 4.69) is 14.9 Å². The van der Waals surface area contributed by atoms with Crippen molar-refractivity contribution in [3.8, 4) is 0 Å². The van der Waals surface area contributed by atoms with E-state index in [1.807, 2.05) is 30.6 Å². The third-order valence-corrected chi connectivity index (χ3v) is 2.02. The van der Waals surface area contributed by atoms with Crippen LogP contribution in [0.4, 0.5) is 0 Å². The second kappa shape index (κ2) is 4.00. The quantitative estimate of drug-likeness (QED) is 0.541. The van der Waals surface area contributed by atoms with E-state index >= 15 is 0 Å². The third kappa shape index (κ3) is 2.07. The van der Waals surface area contributed by atoms with Gasteiger partial charge in [0.1, 0.15) is 5.69 Å². The van der Waals surface area contributed by atoms with Gasteiger partial charge in [-0.25, -0.2) is 4.63 Å². The summed E-state index contributed by atoms with van der Waals surface area (Å²) in [5.41, 5.74) is 0.822. The van der Waals surface area contributed by atoms with Gasteiger partial charge in [-0.3, -0.25) is 4.79 Å². The number of aromatic nitrogens is 3. The SMILES string of the molecule is Cc1nonc1C(=O)C[n+]1ccccc1. The van der Waals surface area contributed by atoms with E-state index in [1.54, 1.807) is 11.5 Å². The van der Waals surface area contributed by atoms with Crippen LogP contribution in [-0.4, -0.2) is 16.1 Å². The second-order valence-corrected chi connectivity index (χ2v) is 3.17. The molecule has 0 unspecified atom stereocenters. The van der Waals surface area contributed by atoms with Gasteiger partial charge in [-0.05, 0) is 12.1 Å². The first kappa shape index (κ1) is 9.51. The lowest BCUT2D eigenvalue weighted by atomic mass is 10.2. The Morgan fingerprint density at radius 1 is 1.33 bits per heavy atom. The van der Waals surface area contributed by atoms with Crippen molar-refractivity contribution >= 4 is 5.78 Å². The number of ketones is 1. The maximum atomic E-state index is 11.7. The fourth-order valence-electron chi connectivity index (χ4n) is 1.26. The third-order valence-electron chi connectivity index (χ3n) is 2.02. The van der Waals surface area contributed by atoms with E-state index in [-0.39, 0.29) is 12.3 Å².